The molecular formula is C14H26N2O4. The molecule has 0 aromatic heterocycles. The monoisotopic (exact) mass is 286 g/mol. The third kappa shape index (κ3) is 4.10. The lowest BCUT2D eigenvalue weighted by molar-refractivity contribution is -0.143. The maximum absolute atomic E-state index is 12.6. The molecule has 0 aromatic carbocycles. The van der Waals surface area contributed by atoms with Crippen molar-refractivity contribution in [2.45, 2.75) is 45.7 Å². The number of methoxy groups -OCH3 is 1. The van der Waals surface area contributed by atoms with E-state index in [4.69, 9.17) is 9.84 Å². The molecule has 1 N–H and O–H groups in total. The quantitative estimate of drug-likeness (QED) is 0.834. The smallest absolute Gasteiger partial charge is 0.320 e. The number of ether oxygens (including phenoxy) is 1. The van der Waals surface area contributed by atoms with Gasteiger partial charge in [0, 0.05) is 32.3 Å². The molecule has 6 heteroatoms. The van der Waals surface area contributed by atoms with Gasteiger partial charge < -0.3 is 19.6 Å². The van der Waals surface area contributed by atoms with Crippen molar-refractivity contribution < 1.29 is 19.4 Å². The zero-order valence-electron chi connectivity index (χ0n) is 12.8. The number of aliphatic carboxylic acids is 1. The number of urea groups is 1. The standard InChI is InChI=1S/C14H26N2O4/c1-10(2)15(7-8-20-4)14(19)16-6-5-12(13(17)18)9-11(16)3/h10-12H,5-9H2,1-4H3,(H,17,18). The minimum atomic E-state index is -0.760. The summed E-state index contributed by atoms with van der Waals surface area (Å²) in [6, 6.07) is 0.0385. The molecule has 20 heavy (non-hydrogen) atoms. The maximum atomic E-state index is 12.6. The molecule has 0 bridgehead atoms. The minimum absolute atomic E-state index is 0.0200. The first-order chi connectivity index (χ1) is 9.38. The van der Waals surface area contributed by atoms with Crippen molar-refractivity contribution in [3.05, 3.63) is 0 Å². The lowest BCUT2D eigenvalue weighted by Gasteiger charge is -2.40. The van der Waals surface area contributed by atoms with Crippen molar-refractivity contribution in [1.29, 1.82) is 0 Å². The predicted molar refractivity (Wildman–Crippen MR) is 75.6 cm³/mol. The van der Waals surface area contributed by atoms with Crippen LogP contribution < -0.4 is 0 Å². The molecule has 2 unspecified atom stereocenters. The van der Waals surface area contributed by atoms with Crippen molar-refractivity contribution in [2.24, 2.45) is 5.92 Å². The Balaban J connectivity index is 2.68. The van der Waals surface area contributed by atoms with Crippen LogP contribution in [0.1, 0.15) is 33.6 Å². The molecule has 1 aliphatic rings. The Morgan fingerprint density at radius 3 is 2.55 bits per heavy atom. The molecule has 0 saturated carbocycles. The van der Waals surface area contributed by atoms with Crippen LogP contribution >= 0.6 is 0 Å². The van der Waals surface area contributed by atoms with E-state index in [0.29, 0.717) is 32.5 Å². The number of amides is 2. The summed E-state index contributed by atoms with van der Waals surface area (Å²) in [5, 5.41) is 9.06. The van der Waals surface area contributed by atoms with Gasteiger partial charge in [0.05, 0.1) is 12.5 Å². The molecule has 1 heterocycles. The highest BCUT2D eigenvalue weighted by atomic mass is 16.5. The number of likely N-dealkylation sites (tertiary alicyclic amines) is 1. The van der Waals surface area contributed by atoms with Gasteiger partial charge in [-0.1, -0.05) is 0 Å². The topological polar surface area (TPSA) is 70.1 Å². The Morgan fingerprint density at radius 2 is 2.10 bits per heavy atom. The zero-order valence-corrected chi connectivity index (χ0v) is 12.8. The predicted octanol–water partition coefficient (Wildman–Crippen LogP) is 1.65. The highest BCUT2D eigenvalue weighted by Crippen LogP contribution is 2.24. The third-order valence-corrected chi connectivity index (χ3v) is 3.88. The molecule has 0 spiro atoms. The van der Waals surface area contributed by atoms with Crippen molar-refractivity contribution in [3.63, 3.8) is 0 Å². The van der Waals surface area contributed by atoms with Crippen LogP contribution in [0.15, 0.2) is 0 Å². The number of carboxylic acid groups (broad SMARTS) is 1. The molecule has 0 aromatic rings. The van der Waals surface area contributed by atoms with Crippen LogP contribution in [0, 0.1) is 5.92 Å². The molecule has 116 valence electrons. The fourth-order valence-electron chi connectivity index (χ4n) is 2.61. The van der Waals surface area contributed by atoms with Gasteiger partial charge in [-0.3, -0.25) is 4.79 Å². The van der Waals surface area contributed by atoms with Crippen LogP contribution in [-0.4, -0.2) is 65.8 Å². The first kappa shape index (κ1) is 16.8. The number of carbonyl (C=O) groups is 2. The summed E-state index contributed by atoms with van der Waals surface area (Å²) in [4.78, 5) is 27.2. The van der Waals surface area contributed by atoms with Gasteiger partial charge in [0.25, 0.3) is 0 Å². The molecule has 1 saturated heterocycles. The van der Waals surface area contributed by atoms with Crippen molar-refractivity contribution in [2.75, 3.05) is 26.8 Å². The molecule has 6 nitrogen and oxygen atoms in total. The van der Waals surface area contributed by atoms with Gasteiger partial charge >= 0.3 is 12.0 Å². The van der Waals surface area contributed by atoms with Crippen LogP contribution in [0.5, 0.6) is 0 Å². The number of carboxylic acids is 1. The van der Waals surface area contributed by atoms with E-state index in [1.165, 1.54) is 0 Å². The highest BCUT2D eigenvalue weighted by molar-refractivity contribution is 5.76. The van der Waals surface area contributed by atoms with Gasteiger partial charge in [0.15, 0.2) is 0 Å². The van der Waals surface area contributed by atoms with Gasteiger partial charge in [0.2, 0.25) is 0 Å². The first-order valence-corrected chi connectivity index (χ1v) is 7.17. The van der Waals surface area contributed by atoms with Gasteiger partial charge in [-0.05, 0) is 33.6 Å². The van der Waals surface area contributed by atoms with E-state index in [0.717, 1.165) is 0 Å². The van der Waals surface area contributed by atoms with Crippen molar-refractivity contribution in [1.82, 2.24) is 9.80 Å². The summed E-state index contributed by atoms with van der Waals surface area (Å²) in [7, 11) is 1.62. The largest absolute Gasteiger partial charge is 0.481 e. The summed E-state index contributed by atoms with van der Waals surface area (Å²) in [6.07, 6.45) is 1.05. The lowest BCUT2D eigenvalue weighted by atomic mass is 9.92. The summed E-state index contributed by atoms with van der Waals surface area (Å²) >= 11 is 0. The summed E-state index contributed by atoms with van der Waals surface area (Å²) < 4.78 is 5.05. The average molecular weight is 286 g/mol. The van der Waals surface area contributed by atoms with Crippen molar-refractivity contribution >= 4 is 12.0 Å². The Bertz CT molecular complexity index is 346. The van der Waals surface area contributed by atoms with Crippen molar-refractivity contribution in [3.8, 4) is 0 Å². The third-order valence-electron chi connectivity index (χ3n) is 3.88. The van der Waals surface area contributed by atoms with Gasteiger partial charge in [-0.15, -0.1) is 0 Å². The molecule has 2 amide bonds. The SMILES string of the molecule is COCCN(C(=O)N1CCC(C(=O)O)CC1C)C(C)C. The normalized spacial score (nSPS) is 22.9. The number of carbonyl (C=O) groups excluding carboxylic acids is 1. The molecule has 1 rings (SSSR count). The molecule has 1 aliphatic heterocycles. The summed E-state index contributed by atoms with van der Waals surface area (Å²) in [5.74, 6) is -1.09. The molecule has 0 aliphatic carbocycles. The van der Waals surface area contributed by atoms with Crippen LogP contribution in [0.4, 0.5) is 4.79 Å². The number of piperidine rings is 1. The molecule has 1 fully saturated rings. The summed E-state index contributed by atoms with van der Waals surface area (Å²) in [6.45, 7) is 7.43. The van der Waals surface area contributed by atoms with Gasteiger partial charge in [0.1, 0.15) is 0 Å². The second kappa shape index (κ2) is 7.47. The number of hydrogen-bond donors (Lipinski definition) is 1. The Labute approximate surface area is 120 Å². The summed E-state index contributed by atoms with van der Waals surface area (Å²) in [5.41, 5.74) is 0. The Hall–Kier alpha value is -1.30. The van der Waals surface area contributed by atoms with E-state index in [1.54, 1.807) is 16.9 Å². The number of rotatable bonds is 5. The van der Waals surface area contributed by atoms with E-state index >= 15 is 0 Å². The molecule has 0 radical (unpaired) electrons. The molecular weight excluding hydrogens is 260 g/mol. The number of hydrogen-bond acceptors (Lipinski definition) is 3. The zero-order chi connectivity index (χ0) is 15.3. The van der Waals surface area contributed by atoms with Gasteiger partial charge in [-0.2, -0.15) is 0 Å². The fraction of sp³-hybridized carbons (Fsp3) is 0.857. The van der Waals surface area contributed by atoms with E-state index in [1.807, 2.05) is 20.8 Å². The molecule has 2 atom stereocenters. The second-order valence-electron chi connectivity index (χ2n) is 5.66. The average Bonchev–Trinajstić information content (AvgIpc) is 2.38. The Kier molecular flexibility index (Phi) is 6.26. The van der Waals surface area contributed by atoms with Gasteiger partial charge in [-0.25, -0.2) is 4.79 Å². The van der Waals surface area contributed by atoms with E-state index in [9.17, 15) is 9.59 Å². The Morgan fingerprint density at radius 1 is 1.45 bits per heavy atom. The fourth-order valence-corrected chi connectivity index (χ4v) is 2.61. The number of nitrogens with zero attached hydrogens (tertiary/aromatic N) is 2. The second-order valence-corrected chi connectivity index (χ2v) is 5.66. The lowest BCUT2D eigenvalue weighted by Crippen LogP contribution is -2.53. The highest BCUT2D eigenvalue weighted by Gasteiger charge is 2.34. The van der Waals surface area contributed by atoms with Crippen LogP contribution in [-0.2, 0) is 9.53 Å². The van der Waals surface area contributed by atoms with E-state index in [2.05, 4.69) is 0 Å². The maximum Gasteiger partial charge on any atom is 0.320 e. The van der Waals surface area contributed by atoms with Crippen LogP contribution in [0.3, 0.4) is 0 Å². The van der Waals surface area contributed by atoms with Crippen LogP contribution in [0.25, 0.3) is 0 Å². The van der Waals surface area contributed by atoms with E-state index < -0.39 is 5.97 Å². The first-order valence-electron chi connectivity index (χ1n) is 7.17. The van der Waals surface area contributed by atoms with E-state index in [-0.39, 0.29) is 24.0 Å². The van der Waals surface area contributed by atoms with Crippen LogP contribution in [0.2, 0.25) is 0 Å². The minimum Gasteiger partial charge on any atom is -0.481 e.